The molecule has 4 aromatic rings. The molecule has 0 radical (unpaired) electrons. The molecule has 2 saturated carbocycles. The lowest BCUT2D eigenvalue weighted by atomic mass is 9.83. The van der Waals surface area contributed by atoms with E-state index in [2.05, 4.69) is 75.7 Å². The monoisotopic (exact) mass is 812 g/mol. The van der Waals surface area contributed by atoms with Gasteiger partial charge in [0.2, 0.25) is 0 Å². The maximum atomic E-state index is 14.9. The molecule has 2 aromatic carbocycles. The van der Waals surface area contributed by atoms with Gasteiger partial charge in [-0.1, -0.05) is 98.2 Å². The molecule has 2 aliphatic rings. The Balaban J connectivity index is 1.51. The topological polar surface area (TPSA) is 119 Å². The summed E-state index contributed by atoms with van der Waals surface area (Å²) >= 11 is 0. The molecule has 0 spiro atoms. The van der Waals surface area contributed by atoms with Crippen LogP contribution in [0.3, 0.4) is 0 Å². The average molecular weight is 813 g/mol. The third-order valence-electron chi connectivity index (χ3n) is 12.0. The van der Waals surface area contributed by atoms with Gasteiger partial charge in [-0.05, 0) is 102 Å². The van der Waals surface area contributed by atoms with Crippen molar-refractivity contribution in [2.24, 2.45) is 0 Å². The Kier molecular flexibility index (Phi) is 12.3. The molecule has 2 fully saturated rings. The number of nitriles is 2. The summed E-state index contributed by atoms with van der Waals surface area (Å²) in [6, 6.07) is 25.8. The number of aryl methyl sites for hydroxylation is 4. The third kappa shape index (κ3) is 8.44. The molecule has 0 saturated heterocycles. The van der Waals surface area contributed by atoms with E-state index in [4.69, 9.17) is 19.7 Å². The van der Waals surface area contributed by atoms with Crippen molar-refractivity contribution in [3.63, 3.8) is 0 Å². The van der Waals surface area contributed by atoms with Crippen molar-refractivity contribution in [3.8, 4) is 12.1 Å². The molecule has 0 N–H and O–H groups in total. The first-order valence-corrected chi connectivity index (χ1v) is 28.0. The van der Waals surface area contributed by atoms with Crippen LogP contribution < -0.4 is 10.4 Å². The fraction of sp³-hybridized carbons (Fsp3) is 0.468. The number of ether oxygens (including phenoxy) is 2. The molecule has 2 aromatic heterocycles. The third-order valence-corrected chi connectivity index (χ3v) is 16.1. The molecule has 2 aliphatic carbocycles. The number of rotatable bonds is 12. The summed E-state index contributed by atoms with van der Waals surface area (Å²) in [5.74, 6) is 0. The van der Waals surface area contributed by atoms with Crippen molar-refractivity contribution in [3.05, 3.63) is 94.6 Å². The number of carbonyl (C=O) groups excluding carboxylic acids is 1. The molecule has 58 heavy (non-hydrogen) atoms. The molecule has 0 bridgehead atoms. The van der Waals surface area contributed by atoms with E-state index < -0.39 is 33.5 Å². The van der Waals surface area contributed by atoms with E-state index in [-0.39, 0.29) is 0 Å². The van der Waals surface area contributed by atoms with Gasteiger partial charge >= 0.3 is 6.16 Å². The molecular formula is C47H60N6O3Si2. The van der Waals surface area contributed by atoms with Gasteiger partial charge in [-0.3, -0.25) is 9.36 Å². The number of hydrogen-bond acceptors (Lipinski definition) is 7. The lowest BCUT2D eigenvalue weighted by molar-refractivity contribution is -0.0404. The molecule has 11 heteroatoms. The van der Waals surface area contributed by atoms with Crippen molar-refractivity contribution in [1.29, 1.82) is 10.5 Å². The van der Waals surface area contributed by atoms with Crippen LogP contribution in [0.5, 0.6) is 0 Å². The highest BCUT2D eigenvalue weighted by molar-refractivity contribution is 6.89. The van der Waals surface area contributed by atoms with Gasteiger partial charge in [-0.2, -0.15) is 20.7 Å². The zero-order valence-electron chi connectivity index (χ0n) is 36.3. The second-order valence-corrected chi connectivity index (χ2v) is 28.4. The Morgan fingerprint density at radius 2 is 0.966 bits per heavy atom. The first-order valence-electron chi connectivity index (χ1n) is 21.0. The molecule has 0 atom stereocenters. The zero-order valence-corrected chi connectivity index (χ0v) is 38.3. The van der Waals surface area contributed by atoms with Crippen molar-refractivity contribution < 1.29 is 14.3 Å². The van der Waals surface area contributed by atoms with Crippen molar-refractivity contribution >= 4 is 55.0 Å². The van der Waals surface area contributed by atoms with Crippen LogP contribution in [-0.2, 0) is 22.6 Å². The van der Waals surface area contributed by atoms with Gasteiger partial charge in [0.25, 0.3) is 0 Å². The average Bonchev–Trinajstić information content (AvgIpc) is 4.00. The van der Waals surface area contributed by atoms with Crippen molar-refractivity contribution in [2.75, 3.05) is 0 Å². The predicted octanol–water partition coefficient (Wildman–Crippen LogP) is 10.2. The fourth-order valence-corrected chi connectivity index (χ4v) is 11.3. The maximum Gasteiger partial charge on any atom is 0.510 e. The molecular weight excluding hydrogens is 753 g/mol. The summed E-state index contributed by atoms with van der Waals surface area (Å²) in [4.78, 5) is 14.9. The summed E-state index contributed by atoms with van der Waals surface area (Å²) in [7, 11) is -3.20. The second-order valence-electron chi connectivity index (χ2n) is 18.2. The largest absolute Gasteiger partial charge is 0.510 e. The van der Waals surface area contributed by atoms with E-state index >= 15 is 0 Å². The van der Waals surface area contributed by atoms with E-state index in [1.807, 2.05) is 73.5 Å². The van der Waals surface area contributed by atoms with Gasteiger partial charge in [-0.25, -0.2) is 4.79 Å². The van der Waals surface area contributed by atoms with Gasteiger partial charge in [0, 0.05) is 24.2 Å². The summed E-state index contributed by atoms with van der Waals surface area (Å²) in [5, 5.41) is 34.3. The highest BCUT2D eigenvalue weighted by Crippen LogP contribution is 2.51. The van der Waals surface area contributed by atoms with E-state index in [9.17, 15) is 15.3 Å². The lowest BCUT2D eigenvalue weighted by Gasteiger charge is -2.37. The van der Waals surface area contributed by atoms with Crippen LogP contribution in [0.4, 0.5) is 4.79 Å². The van der Waals surface area contributed by atoms with Gasteiger partial charge in [0.05, 0.1) is 50.1 Å². The van der Waals surface area contributed by atoms with Crippen LogP contribution in [0.15, 0.2) is 60.7 Å². The quantitative estimate of drug-likeness (QED) is 0.0794. The Labute approximate surface area is 347 Å². The van der Waals surface area contributed by atoms with Crippen LogP contribution >= 0.6 is 0 Å². The standard InChI is InChI=1S/C47H60N6O3Si2/c1-11-52-41(29-33(3)50-52)43(39(31-48)35-17-21-37(22-18-35)57(5,6)7)46(25-13-14-26-46)55-45(54)56-47(27-15-16-28-47)44(42-30-34(4)51-53(42)12-2)40(32-49)36-19-23-38(24-20-36)58(8,9)10/h17-24,29-30H,11-16,25-28H2,1-10H3/b43-39+,44-40+. The summed E-state index contributed by atoms with van der Waals surface area (Å²) in [6.45, 7) is 23.0. The minimum atomic E-state index is -1.60. The van der Waals surface area contributed by atoms with Gasteiger partial charge < -0.3 is 9.47 Å². The van der Waals surface area contributed by atoms with Crippen LogP contribution in [0.25, 0.3) is 22.3 Å². The Morgan fingerprint density at radius 1 is 0.638 bits per heavy atom. The number of hydrogen-bond donors (Lipinski definition) is 0. The molecule has 2 heterocycles. The summed E-state index contributed by atoms with van der Waals surface area (Å²) < 4.78 is 17.4. The zero-order chi connectivity index (χ0) is 42.0. The summed E-state index contributed by atoms with van der Waals surface area (Å²) in [6.07, 6.45) is 4.63. The van der Waals surface area contributed by atoms with Crippen molar-refractivity contribution in [1.82, 2.24) is 19.6 Å². The summed E-state index contributed by atoms with van der Waals surface area (Å²) in [5.41, 5.74) is 4.74. The second kappa shape index (κ2) is 16.7. The highest BCUT2D eigenvalue weighted by Gasteiger charge is 2.50. The molecule has 0 unspecified atom stereocenters. The SMILES string of the molecule is CCn1nc(C)cc1/C(=C(/C#N)c1ccc([Si](C)(C)C)cc1)C1(OC(=O)OC2(/C(=C(\C#N)c3ccc([Si](C)(C)C)cc3)c3cc(C)nn3CC)CCCC2)CCCC1. The van der Waals surface area contributed by atoms with E-state index in [1.54, 1.807) is 0 Å². The van der Waals surface area contributed by atoms with Crippen molar-refractivity contribution in [2.45, 2.75) is 143 Å². The predicted molar refractivity (Wildman–Crippen MR) is 239 cm³/mol. The molecule has 0 aliphatic heterocycles. The van der Waals surface area contributed by atoms with Crippen LogP contribution in [0.2, 0.25) is 39.3 Å². The molecule has 0 amide bonds. The minimum absolute atomic E-state index is 0.471. The first-order chi connectivity index (χ1) is 27.5. The minimum Gasteiger partial charge on any atom is -0.423 e. The number of allylic oxidation sites excluding steroid dienone is 2. The first kappa shape index (κ1) is 42.6. The number of carbonyl (C=O) groups is 1. The molecule has 9 nitrogen and oxygen atoms in total. The van der Waals surface area contributed by atoms with Gasteiger partial charge in [0.15, 0.2) is 0 Å². The molecule has 6 rings (SSSR count). The van der Waals surface area contributed by atoms with Crippen LogP contribution in [0, 0.1) is 36.5 Å². The smallest absolute Gasteiger partial charge is 0.423 e. The van der Waals surface area contributed by atoms with Crippen LogP contribution in [-0.4, -0.2) is 53.1 Å². The number of aromatic nitrogens is 4. The number of nitrogens with zero attached hydrogens (tertiary/aromatic N) is 6. The Hall–Kier alpha value is -4.98. The van der Waals surface area contributed by atoms with Gasteiger partial charge in [-0.15, -0.1) is 0 Å². The maximum absolute atomic E-state index is 14.9. The Morgan fingerprint density at radius 3 is 1.24 bits per heavy atom. The van der Waals surface area contributed by atoms with E-state index in [0.29, 0.717) is 61.1 Å². The van der Waals surface area contributed by atoms with Crippen LogP contribution in [0.1, 0.15) is 99.1 Å². The van der Waals surface area contributed by atoms with E-state index in [0.717, 1.165) is 59.6 Å². The Bertz CT molecular complexity index is 2130. The molecule has 304 valence electrons. The number of benzene rings is 2. The van der Waals surface area contributed by atoms with E-state index in [1.165, 1.54) is 10.4 Å². The fourth-order valence-electron chi connectivity index (χ4n) is 9.00. The van der Waals surface area contributed by atoms with Gasteiger partial charge in [0.1, 0.15) is 23.3 Å². The highest BCUT2D eigenvalue weighted by atomic mass is 28.3. The lowest BCUT2D eigenvalue weighted by Crippen LogP contribution is -2.40. The normalized spacial score (nSPS) is 17.2.